The van der Waals surface area contributed by atoms with Crippen LogP contribution in [0, 0.1) is 11.8 Å². The second-order valence-corrected chi connectivity index (χ2v) is 2.16. The van der Waals surface area contributed by atoms with Gasteiger partial charge >= 0.3 is 5.97 Å². The van der Waals surface area contributed by atoms with Crippen LogP contribution in [0.25, 0.3) is 0 Å². The van der Waals surface area contributed by atoms with Gasteiger partial charge in [-0.15, -0.1) is 0 Å². The van der Waals surface area contributed by atoms with Gasteiger partial charge in [0.05, 0.1) is 5.92 Å². The van der Waals surface area contributed by atoms with E-state index < -0.39 is 5.97 Å². The van der Waals surface area contributed by atoms with Crippen molar-refractivity contribution in [1.82, 2.24) is 0 Å². The largest absolute Gasteiger partial charge is 0.481 e. The van der Waals surface area contributed by atoms with E-state index in [1.807, 2.05) is 6.92 Å². The summed E-state index contributed by atoms with van der Waals surface area (Å²) in [4.78, 5) is 9.97. The third-order valence-corrected chi connectivity index (χ3v) is 1.43. The van der Waals surface area contributed by atoms with E-state index in [0.717, 1.165) is 6.42 Å². The van der Waals surface area contributed by atoms with Crippen LogP contribution < -0.4 is 0 Å². The second-order valence-electron chi connectivity index (χ2n) is 2.16. The summed E-state index contributed by atoms with van der Waals surface area (Å²) in [5.74, 6) is -0.204. The van der Waals surface area contributed by atoms with E-state index in [9.17, 15) is 4.79 Å². The van der Waals surface area contributed by atoms with Gasteiger partial charge in [0.1, 0.15) is 0 Å². The van der Waals surface area contributed by atoms with Crippen molar-refractivity contribution in [3.8, 4) is 0 Å². The van der Waals surface area contributed by atoms with Crippen LogP contribution in [0.15, 0.2) is 0 Å². The van der Waals surface area contributed by atoms with Crippen LogP contribution in [0.2, 0.25) is 0 Å². The van der Waals surface area contributed by atoms with Crippen LogP contribution in [0.4, 0.5) is 0 Å². The zero-order chi connectivity index (χ0) is 5.44. The molecule has 0 amide bonds. The van der Waals surface area contributed by atoms with Crippen molar-refractivity contribution in [3.63, 3.8) is 0 Å². The topological polar surface area (TPSA) is 37.3 Å². The van der Waals surface area contributed by atoms with Gasteiger partial charge in [0.15, 0.2) is 0 Å². The summed E-state index contributed by atoms with van der Waals surface area (Å²) < 4.78 is 0. The number of carboxylic acids is 1. The minimum Gasteiger partial charge on any atom is -0.481 e. The summed E-state index contributed by atoms with van der Waals surface area (Å²) in [6.45, 7) is 1.96. The van der Waals surface area contributed by atoms with Crippen molar-refractivity contribution in [2.75, 3.05) is 0 Å². The number of carboxylic acid groups (broad SMARTS) is 1. The SMILES string of the molecule is CC1CC1C(=O)O.[Co]. The first kappa shape index (κ1) is 7.98. The molecule has 0 bridgehead atoms. The normalized spacial score (nSPS) is 33.1. The fraction of sp³-hybridized carbons (Fsp3) is 0.800. The maximum atomic E-state index is 9.97. The van der Waals surface area contributed by atoms with E-state index in [4.69, 9.17) is 5.11 Å². The Morgan fingerprint density at radius 1 is 1.75 bits per heavy atom. The Balaban J connectivity index is 0.000000490. The third-order valence-electron chi connectivity index (χ3n) is 1.43. The van der Waals surface area contributed by atoms with Gasteiger partial charge in [-0.05, 0) is 12.3 Å². The summed E-state index contributed by atoms with van der Waals surface area (Å²) in [6.07, 6.45) is 0.884. The molecule has 1 aliphatic carbocycles. The summed E-state index contributed by atoms with van der Waals surface area (Å²) in [5.41, 5.74) is 0. The van der Waals surface area contributed by atoms with Crippen molar-refractivity contribution in [2.45, 2.75) is 13.3 Å². The minimum atomic E-state index is -0.632. The molecule has 0 aliphatic heterocycles. The molecule has 8 heavy (non-hydrogen) atoms. The Morgan fingerprint density at radius 3 is 2.12 bits per heavy atom. The number of carbonyl (C=O) groups is 1. The van der Waals surface area contributed by atoms with Gasteiger partial charge in [0, 0.05) is 16.8 Å². The summed E-state index contributed by atoms with van der Waals surface area (Å²) in [5, 5.41) is 8.22. The molecule has 49 valence electrons. The second kappa shape index (κ2) is 2.50. The van der Waals surface area contributed by atoms with Gasteiger partial charge in [-0.2, -0.15) is 0 Å². The summed E-state index contributed by atoms with van der Waals surface area (Å²) >= 11 is 0. The van der Waals surface area contributed by atoms with Crippen LogP contribution >= 0.6 is 0 Å². The molecule has 2 atom stereocenters. The molecule has 0 saturated heterocycles. The van der Waals surface area contributed by atoms with Crippen LogP contribution in [-0.4, -0.2) is 11.1 Å². The maximum absolute atomic E-state index is 9.97. The molecule has 1 rings (SSSR count). The average Bonchev–Trinajstić information content (AvgIpc) is 2.17. The predicted octanol–water partition coefficient (Wildman–Crippen LogP) is 0.724. The molecular formula is C5H8CoO2. The maximum Gasteiger partial charge on any atom is 0.306 e. The van der Waals surface area contributed by atoms with Crippen molar-refractivity contribution in [3.05, 3.63) is 0 Å². The van der Waals surface area contributed by atoms with Gasteiger partial charge in [0.2, 0.25) is 0 Å². The standard InChI is InChI=1S/C5H8O2.Co/c1-3-2-4(3)5(6)7;/h3-4H,2H2,1H3,(H,6,7);. The molecule has 0 aromatic rings. The summed E-state index contributed by atoms with van der Waals surface area (Å²) in [7, 11) is 0. The van der Waals surface area contributed by atoms with Crippen LogP contribution in [0.5, 0.6) is 0 Å². The number of rotatable bonds is 1. The molecule has 0 aromatic heterocycles. The quantitative estimate of drug-likeness (QED) is 0.612. The zero-order valence-electron chi connectivity index (χ0n) is 4.55. The number of aliphatic carboxylic acids is 1. The van der Waals surface area contributed by atoms with Gasteiger partial charge < -0.3 is 5.11 Å². The zero-order valence-corrected chi connectivity index (χ0v) is 5.59. The number of hydrogen-bond acceptors (Lipinski definition) is 1. The van der Waals surface area contributed by atoms with Crippen LogP contribution in [-0.2, 0) is 21.6 Å². The first-order valence-corrected chi connectivity index (χ1v) is 2.44. The minimum absolute atomic E-state index is 0. The van der Waals surface area contributed by atoms with Gasteiger partial charge in [-0.3, -0.25) is 4.79 Å². The molecule has 0 heterocycles. The molecule has 1 saturated carbocycles. The molecule has 1 N–H and O–H groups in total. The Bertz CT molecular complexity index is 103. The van der Waals surface area contributed by atoms with Gasteiger partial charge in [-0.25, -0.2) is 0 Å². The van der Waals surface area contributed by atoms with Crippen LogP contribution in [0.3, 0.4) is 0 Å². The fourth-order valence-electron chi connectivity index (χ4n) is 0.666. The smallest absolute Gasteiger partial charge is 0.306 e. The average molecular weight is 159 g/mol. The molecule has 2 unspecified atom stereocenters. The van der Waals surface area contributed by atoms with E-state index >= 15 is 0 Å². The van der Waals surface area contributed by atoms with E-state index in [0.29, 0.717) is 5.92 Å². The first-order chi connectivity index (χ1) is 3.22. The molecule has 1 radical (unpaired) electrons. The van der Waals surface area contributed by atoms with Crippen molar-refractivity contribution in [2.24, 2.45) is 11.8 Å². The molecule has 1 fully saturated rings. The molecule has 0 aromatic carbocycles. The van der Waals surface area contributed by atoms with E-state index in [-0.39, 0.29) is 22.7 Å². The molecule has 1 aliphatic rings. The van der Waals surface area contributed by atoms with Gasteiger partial charge in [0.25, 0.3) is 0 Å². The predicted molar refractivity (Wildman–Crippen MR) is 24.9 cm³/mol. The number of hydrogen-bond donors (Lipinski definition) is 1. The van der Waals surface area contributed by atoms with Crippen molar-refractivity contribution >= 4 is 5.97 Å². The van der Waals surface area contributed by atoms with E-state index in [1.54, 1.807) is 0 Å². The van der Waals surface area contributed by atoms with Crippen molar-refractivity contribution < 1.29 is 26.7 Å². The van der Waals surface area contributed by atoms with E-state index in [1.165, 1.54) is 0 Å². The van der Waals surface area contributed by atoms with E-state index in [2.05, 4.69) is 0 Å². The monoisotopic (exact) mass is 159 g/mol. The Kier molecular flexibility index (Phi) is 2.50. The Labute approximate surface area is 58.5 Å². The Hall–Kier alpha value is -0.0235. The van der Waals surface area contributed by atoms with Crippen LogP contribution in [0.1, 0.15) is 13.3 Å². The summed E-state index contributed by atoms with van der Waals surface area (Å²) in [6, 6.07) is 0. The third kappa shape index (κ3) is 1.49. The molecular weight excluding hydrogens is 151 g/mol. The fourth-order valence-corrected chi connectivity index (χ4v) is 0.666. The first-order valence-electron chi connectivity index (χ1n) is 2.44. The molecule has 0 spiro atoms. The Morgan fingerprint density at radius 2 is 2.12 bits per heavy atom. The van der Waals surface area contributed by atoms with Crippen molar-refractivity contribution in [1.29, 1.82) is 0 Å². The van der Waals surface area contributed by atoms with Gasteiger partial charge in [-0.1, -0.05) is 6.92 Å². The molecule has 3 heteroatoms. The molecule has 2 nitrogen and oxygen atoms in total.